The third kappa shape index (κ3) is 3.00. The second kappa shape index (κ2) is 5.82. The van der Waals surface area contributed by atoms with Crippen LogP contribution >= 0.6 is 23.2 Å². The second-order valence-electron chi connectivity index (χ2n) is 4.88. The van der Waals surface area contributed by atoms with E-state index in [0.29, 0.717) is 23.3 Å². The van der Waals surface area contributed by atoms with Crippen LogP contribution in [0.15, 0.2) is 0 Å². The van der Waals surface area contributed by atoms with E-state index >= 15 is 0 Å². The minimum atomic E-state index is -0.304. The minimum Gasteiger partial charge on any atom is -0.463 e. The lowest BCUT2D eigenvalue weighted by molar-refractivity contribution is -0.144. The van der Waals surface area contributed by atoms with Gasteiger partial charge in [-0.2, -0.15) is 4.98 Å². The van der Waals surface area contributed by atoms with E-state index in [1.165, 1.54) is 6.92 Å². The molecule has 0 bridgehead atoms. The first-order valence-corrected chi connectivity index (χ1v) is 7.32. The maximum Gasteiger partial charge on any atom is 0.302 e. The predicted octanol–water partition coefficient (Wildman–Crippen LogP) is 2.04. The van der Waals surface area contributed by atoms with Crippen molar-refractivity contribution in [2.45, 2.75) is 32.1 Å². The maximum absolute atomic E-state index is 10.8. The van der Waals surface area contributed by atoms with Crippen LogP contribution in [0.1, 0.15) is 19.8 Å². The first-order chi connectivity index (χ1) is 10.0. The molecule has 21 heavy (non-hydrogen) atoms. The first kappa shape index (κ1) is 14.6. The quantitative estimate of drug-likeness (QED) is 0.515. The van der Waals surface area contributed by atoms with E-state index in [1.807, 2.05) is 4.90 Å². The number of fused-ring (bicyclic) bond motifs is 1. The minimum absolute atomic E-state index is 0.0990. The normalized spacial score (nSPS) is 23.9. The van der Waals surface area contributed by atoms with E-state index < -0.39 is 0 Å². The average molecular weight is 333 g/mol. The number of halogens is 2. The molecule has 114 valence electrons. The van der Waals surface area contributed by atoms with Crippen molar-refractivity contribution in [2.24, 2.45) is 0 Å². The fourth-order valence-corrected chi connectivity index (χ4v) is 2.92. The van der Waals surface area contributed by atoms with Crippen molar-refractivity contribution in [1.82, 2.24) is 9.97 Å². The van der Waals surface area contributed by atoms with Crippen LogP contribution in [0.3, 0.4) is 0 Å². The second-order valence-corrected chi connectivity index (χ2v) is 5.58. The Morgan fingerprint density at radius 3 is 3.05 bits per heavy atom. The Labute approximate surface area is 131 Å². The molecule has 1 unspecified atom stereocenters. The summed E-state index contributed by atoms with van der Waals surface area (Å²) in [5, 5.41) is 3.53. The van der Waals surface area contributed by atoms with E-state index in [-0.39, 0.29) is 30.2 Å². The summed E-state index contributed by atoms with van der Waals surface area (Å²) in [5.41, 5.74) is 0.660. The van der Waals surface area contributed by atoms with Gasteiger partial charge in [-0.3, -0.25) is 4.79 Å². The van der Waals surface area contributed by atoms with Gasteiger partial charge in [0.15, 0.2) is 11.0 Å². The highest BCUT2D eigenvalue weighted by atomic mass is 35.5. The average Bonchev–Trinajstić information content (AvgIpc) is 3.02. The zero-order chi connectivity index (χ0) is 15.0. The molecule has 0 aliphatic carbocycles. The molecule has 0 saturated carbocycles. The van der Waals surface area contributed by atoms with Gasteiger partial charge < -0.3 is 19.7 Å². The van der Waals surface area contributed by atoms with E-state index in [9.17, 15) is 4.79 Å². The number of hydrogen-bond acceptors (Lipinski definition) is 7. The third-order valence-electron chi connectivity index (χ3n) is 3.42. The van der Waals surface area contributed by atoms with Gasteiger partial charge in [-0.1, -0.05) is 11.6 Å². The molecule has 0 spiro atoms. The van der Waals surface area contributed by atoms with Crippen LogP contribution in [0.25, 0.3) is 0 Å². The molecule has 1 aromatic rings. The van der Waals surface area contributed by atoms with Crippen molar-refractivity contribution in [3.63, 3.8) is 0 Å². The highest BCUT2D eigenvalue weighted by Gasteiger charge is 2.36. The number of aromatic nitrogens is 2. The standard InChI is InChI=1S/C12H14Cl2N4O3/c1-6(19)20-4-7-2-3-8(21-7)18-5-15-9-10(13)16-12(14)17-11(9)18/h7-8,15H,2-5H2,1H3/t7-,8?/m0/s1. The molecule has 9 heteroatoms. The van der Waals surface area contributed by atoms with Crippen molar-refractivity contribution >= 4 is 40.7 Å². The number of nitrogens with one attached hydrogen (secondary N) is 1. The Morgan fingerprint density at radius 1 is 1.48 bits per heavy atom. The lowest BCUT2D eigenvalue weighted by atomic mass is 10.2. The molecule has 1 fully saturated rings. The molecule has 7 nitrogen and oxygen atoms in total. The van der Waals surface area contributed by atoms with Crippen LogP contribution in [0.5, 0.6) is 0 Å². The summed E-state index contributed by atoms with van der Waals surface area (Å²) < 4.78 is 10.9. The van der Waals surface area contributed by atoms with Gasteiger partial charge in [0.25, 0.3) is 0 Å². The molecule has 2 aliphatic rings. The van der Waals surface area contributed by atoms with Crippen LogP contribution in [-0.4, -0.2) is 41.5 Å². The third-order valence-corrected chi connectivity index (χ3v) is 3.86. The lowest BCUT2D eigenvalue weighted by Gasteiger charge is -2.24. The van der Waals surface area contributed by atoms with E-state index in [0.717, 1.165) is 12.8 Å². The van der Waals surface area contributed by atoms with Gasteiger partial charge >= 0.3 is 5.97 Å². The van der Waals surface area contributed by atoms with Gasteiger partial charge in [-0.05, 0) is 24.4 Å². The number of carbonyl (C=O) groups excluding carboxylic acids is 1. The van der Waals surface area contributed by atoms with Crippen molar-refractivity contribution in [3.8, 4) is 0 Å². The number of esters is 1. The summed E-state index contributed by atoms with van der Waals surface area (Å²) in [4.78, 5) is 20.9. The molecule has 1 aromatic heterocycles. The summed E-state index contributed by atoms with van der Waals surface area (Å²) in [6.07, 6.45) is 1.37. The molecular formula is C12H14Cl2N4O3. The Hall–Kier alpha value is -1.31. The van der Waals surface area contributed by atoms with Crippen LogP contribution in [0, 0.1) is 0 Å². The van der Waals surface area contributed by atoms with Gasteiger partial charge in [0.1, 0.15) is 18.5 Å². The number of ether oxygens (including phenoxy) is 2. The number of anilines is 2. The Balaban J connectivity index is 1.69. The van der Waals surface area contributed by atoms with Crippen LogP contribution < -0.4 is 10.2 Å². The molecule has 3 heterocycles. The van der Waals surface area contributed by atoms with Crippen molar-refractivity contribution in [1.29, 1.82) is 0 Å². The van der Waals surface area contributed by atoms with Gasteiger partial charge in [0.2, 0.25) is 5.28 Å². The number of carbonyl (C=O) groups is 1. The lowest BCUT2D eigenvalue weighted by Crippen LogP contribution is -2.36. The van der Waals surface area contributed by atoms with Gasteiger partial charge in [-0.15, -0.1) is 0 Å². The Bertz CT molecular complexity index is 572. The number of hydrogen-bond donors (Lipinski definition) is 1. The summed E-state index contributed by atoms with van der Waals surface area (Å²) in [5.74, 6) is 0.333. The zero-order valence-electron chi connectivity index (χ0n) is 11.3. The number of rotatable bonds is 3. The molecule has 0 radical (unpaired) electrons. The molecule has 0 amide bonds. The van der Waals surface area contributed by atoms with Gasteiger partial charge in [0, 0.05) is 6.92 Å². The maximum atomic E-state index is 10.8. The summed E-state index contributed by atoms with van der Waals surface area (Å²) in [6, 6.07) is 0. The van der Waals surface area contributed by atoms with Crippen molar-refractivity contribution in [3.05, 3.63) is 10.4 Å². The van der Waals surface area contributed by atoms with E-state index in [2.05, 4.69) is 15.3 Å². The molecule has 1 N–H and O–H groups in total. The Morgan fingerprint density at radius 2 is 2.29 bits per heavy atom. The fraction of sp³-hybridized carbons (Fsp3) is 0.583. The molecule has 2 atom stereocenters. The SMILES string of the molecule is CC(=O)OC[C@@H]1CCC(N2CNc3c(Cl)nc(Cl)nc32)O1. The fourth-order valence-electron chi connectivity index (χ4n) is 2.48. The zero-order valence-corrected chi connectivity index (χ0v) is 12.8. The summed E-state index contributed by atoms with van der Waals surface area (Å²) in [7, 11) is 0. The molecule has 2 aliphatic heterocycles. The summed E-state index contributed by atoms with van der Waals surface area (Å²) in [6.45, 7) is 2.17. The van der Waals surface area contributed by atoms with E-state index in [1.54, 1.807) is 0 Å². The molecule has 1 saturated heterocycles. The number of nitrogens with zero attached hydrogens (tertiary/aromatic N) is 3. The van der Waals surface area contributed by atoms with Crippen LogP contribution in [0.2, 0.25) is 10.4 Å². The van der Waals surface area contributed by atoms with Crippen LogP contribution in [0.4, 0.5) is 11.5 Å². The first-order valence-electron chi connectivity index (χ1n) is 6.57. The monoisotopic (exact) mass is 332 g/mol. The topological polar surface area (TPSA) is 76.6 Å². The highest BCUT2D eigenvalue weighted by molar-refractivity contribution is 6.34. The molecule has 3 rings (SSSR count). The highest BCUT2D eigenvalue weighted by Crippen LogP contribution is 2.38. The Kier molecular flexibility index (Phi) is 4.05. The molecule has 0 aromatic carbocycles. The smallest absolute Gasteiger partial charge is 0.302 e. The van der Waals surface area contributed by atoms with E-state index in [4.69, 9.17) is 32.7 Å². The van der Waals surface area contributed by atoms with Crippen molar-refractivity contribution < 1.29 is 14.3 Å². The van der Waals surface area contributed by atoms with Crippen LogP contribution in [-0.2, 0) is 14.3 Å². The molecular weight excluding hydrogens is 319 g/mol. The van der Waals surface area contributed by atoms with Crippen molar-refractivity contribution in [2.75, 3.05) is 23.5 Å². The largest absolute Gasteiger partial charge is 0.463 e. The van der Waals surface area contributed by atoms with Gasteiger partial charge in [-0.25, -0.2) is 4.98 Å². The predicted molar refractivity (Wildman–Crippen MR) is 77.5 cm³/mol. The summed E-state index contributed by atoms with van der Waals surface area (Å²) >= 11 is 11.9. The van der Waals surface area contributed by atoms with Gasteiger partial charge in [0.05, 0.1) is 12.8 Å².